The van der Waals surface area contributed by atoms with E-state index in [0.29, 0.717) is 6.61 Å². The standard InChI is InChI=1S/C12H18FNO4/c1-2-3-6-18-12(17)14-5-4-9(7-11(15)16)10(13)8-14/h7,10H,2-6,8H2,1H3,(H,15,16)/p-1/b9-7-. The van der Waals surface area contributed by atoms with Gasteiger partial charge in [-0.1, -0.05) is 13.3 Å². The molecule has 0 radical (unpaired) electrons. The van der Waals surface area contributed by atoms with Gasteiger partial charge in [0.2, 0.25) is 0 Å². The van der Waals surface area contributed by atoms with Crippen molar-refractivity contribution in [2.45, 2.75) is 32.4 Å². The fourth-order valence-corrected chi connectivity index (χ4v) is 1.70. The van der Waals surface area contributed by atoms with Gasteiger partial charge in [-0.05, 0) is 24.5 Å². The molecule has 0 aromatic rings. The number of piperidine rings is 1. The van der Waals surface area contributed by atoms with Crippen molar-refractivity contribution in [2.75, 3.05) is 19.7 Å². The van der Waals surface area contributed by atoms with Crippen LogP contribution in [0.1, 0.15) is 26.2 Å². The van der Waals surface area contributed by atoms with Gasteiger partial charge in [-0.3, -0.25) is 0 Å². The Morgan fingerprint density at radius 3 is 2.89 bits per heavy atom. The minimum atomic E-state index is -1.46. The zero-order chi connectivity index (χ0) is 13.5. The van der Waals surface area contributed by atoms with Gasteiger partial charge in [-0.25, -0.2) is 9.18 Å². The summed E-state index contributed by atoms with van der Waals surface area (Å²) in [5.74, 6) is -1.41. The SMILES string of the molecule is CCCCOC(=O)N1CC/C(=C/C(=O)[O-])C(F)C1. The van der Waals surface area contributed by atoms with Crippen LogP contribution in [0.5, 0.6) is 0 Å². The fourth-order valence-electron chi connectivity index (χ4n) is 1.70. The number of likely N-dealkylation sites (tertiary alicyclic amines) is 1. The van der Waals surface area contributed by atoms with E-state index in [2.05, 4.69) is 0 Å². The Balaban J connectivity index is 2.45. The lowest BCUT2D eigenvalue weighted by molar-refractivity contribution is -0.297. The number of alkyl halides is 1. The van der Waals surface area contributed by atoms with Gasteiger partial charge >= 0.3 is 6.09 Å². The average Bonchev–Trinajstić information content (AvgIpc) is 2.31. The van der Waals surface area contributed by atoms with Crippen molar-refractivity contribution < 1.29 is 23.8 Å². The van der Waals surface area contributed by atoms with Crippen molar-refractivity contribution in [3.8, 4) is 0 Å². The molecule has 1 heterocycles. The summed E-state index contributed by atoms with van der Waals surface area (Å²) in [7, 11) is 0. The Kier molecular flexibility index (Phi) is 5.61. The van der Waals surface area contributed by atoms with E-state index in [0.717, 1.165) is 18.9 Å². The summed E-state index contributed by atoms with van der Waals surface area (Å²) >= 11 is 0. The van der Waals surface area contributed by atoms with Crippen LogP contribution in [-0.4, -0.2) is 42.8 Å². The summed E-state index contributed by atoms with van der Waals surface area (Å²) in [6.45, 7) is 2.41. The third-order valence-corrected chi connectivity index (χ3v) is 2.74. The molecule has 5 nitrogen and oxygen atoms in total. The number of carbonyl (C=O) groups excluding carboxylic acids is 2. The van der Waals surface area contributed by atoms with Gasteiger partial charge in [0.1, 0.15) is 6.17 Å². The smallest absolute Gasteiger partial charge is 0.409 e. The van der Waals surface area contributed by atoms with Crippen LogP contribution in [-0.2, 0) is 9.53 Å². The lowest BCUT2D eigenvalue weighted by Crippen LogP contribution is -2.42. The van der Waals surface area contributed by atoms with E-state index >= 15 is 0 Å². The average molecular weight is 258 g/mol. The Labute approximate surface area is 105 Å². The van der Waals surface area contributed by atoms with Crippen LogP contribution in [0.4, 0.5) is 9.18 Å². The topological polar surface area (TPSA) is 69.7 Å². The summed E-state index contributed by atoms with van der Waals surface area (Å²) in [6.07, 6.45) is 0.642. The molecular weight excluding hydrogens is 241 g/mol. The minimum absolute atomic E-state index is 0.160. The van der Waals surface area contributed by atoms with E-state index in [-0.39, 0.29) is 25.1 Å². The largest absolute Gasteiger partial charge is 0.545 e. The molecule has 102 valence electrons. The number of carboxylic acid groups (broad SMARTS) is 1. The van der Waals surface area contributed by atoms with Gasteiger partial charge in [-0.2, -0.15) is 0 Å². The molecule has 0 aromatic heterocycles. The summed E-state index contributed by atoms with van der Waals surface area (Å²) in [5, 5.41) is 10.3. The lowest BCUT2D eigenvalue weighted by atomic mass is 10.0. The molecule has 1 atom stereocenters. The summed E-state index contributed by atoms with van der Waals surface area (Å²) in [4.78, 5) is 23.1. The van der Waals surface area contributed by atoms with Crippen molar-refractivity contribution >= 4 is 12.1 Å². The molecular formula is C12H17FNO4-. The first-order valence-electron chi connectivity index (χ1n) is 6.01. The molecule has 0 spiro atoms. The van der Waals surface area contributed by atoms with E-state index in [4.69, 9.17) is 4.74 Å². The monoisotopic (exact) mass is 258 g/mol. The number of rotatable bonds is 4. The number of carboxylic acids is 1. The van der Waals surface area contributed by atoms with Crippen LogP contribution in [0, 0.1) is 0 Å². The predicted molar refractivity (Wildman–Crippen MR) is 60.4 cm³/mol. The van der Waals surface area contributed by atoms with Crippen LogP contribution in [0.2, 0.25) is 0 Å². The Bertz CT molecular complexity index is 343. The molecule has 0 aromatic carbocycles. The fraction of sp³-hybridized carbons (Fsp3) is 0.667. The van der Waals surface area contributed by atoms with Gasteiger partial charge in [-0.15, -0.1) is 0 Å². The maximum absolute atomic E-state index is 13.6. The molecule has 0 saturated carbocycles. The van der Waals surface area contributed by atoms with Crippen molar-refractivity contribution in [3.05, 3.63) is 11.6 Å². The number of amides is 1. The molecule has 1 aliphatic heterocycles. The van der Waals surface area contributed by atoms with Gasteiger partial charge in [0, 0.05) is 6.54 Å². The van der Waals surface area contributed by atoms with Crippen LogP contribution in [0.25, 0.3) is 0 Å². The Morgan fingerprint density at radius 1 is 1.61 bits per heavy atom. The van der Waals surface area contributed by atoms with Crippen molar-refractivity contribution in [1.82, 2.24) is 4.90 Å². The maximum atomic E-state index is 13.6. The normalized spacial score (nSPS) is 22.0. The zero-order valence-corrected chi connectivity index (χ0v) is 10.4. The van der Waals surface area contributed by atoms with E-state index in [1.807, 2.05) is 6.92 Å². The Hall–Kier alpha value is -1.59. The highest BCUT2D eigenvalue weighted by atomic mass is 19.1. The van der Waals surface area contributed by atoms with E-state index in [1.165, 1.54) is 4.90 Å². The zero-order valence-electron chi connectivity index (χ0n) is 10.4. The maximum Gasteiger partial charge on any atom is 0.409 e. The number of halogens is 1. The van der Waals surface area contributed by atoms with Crippen molar-refractivity contribution in [2.24, 2.45) is 0 Å². The van der Waals surface area contributed by atoms with E-state index < -0.39 is 18.2 Å². The third kappa shape index (κ3) is 4.35. The quantitative estimate of drug-likeness (QED) is 0.548. The Morgan fingerprint density at radius 2 is 2.33 bits per heavy atom. The molecule has 1 aliphatic rings. The van der Waals surface area contributed by atoms with Crippen LogP contribution < -0.4 is 5.11 Å². The highest BCUT2D eigenvalue weighted by molar-refractivity contribution is 5.79. The predicted octanol–water partition coefficient (Wildman–Crippen LogP) is 0.643. The second-order valence-corrected chi connectivity index (χ2v) is 4.17. The molecule has 1 unspecified atom stereocenters. The number of hydrogen-bond acceptors (Lipinski definition) is 4. The van der Waals surface area contributed by atoms with Gasteiger partial charge < -0.3 is 19.5 Å². The van der Waals surface area contributed by atoms with Crippen LogP contribution in [0.3, 0.4) is 0 Å². The molecule has 1 saturated heterocycles. The first-order chi connectivity index (χ1) is 8.54. The summed E-state index contributed by atoms with van der Waals surface area (Å²) in [6, 6.07) is 0. The molecule has 0 N–H and O–H groups in total. The number of hydrogen-bond donors (Lipinski definition) is 0. The molecule has 0 bridgehead atoms. The first kappa shape index (κ1) is 14.5. The van der Waals surface area contributed by atoms with Gasteiger partial charge in [0.05, 0.1) is 19.1 Å². The number of nitrogens with zero attached hydrogens (tertiary/aromatic N) is 1. The molecule has 0 aliphatic carbocycles. The van der Waals surface area contributed by atoms with Crippen LogP contribution >= 0.6 is 0 Å². The number of carbonyl (C=O) groups is 2. The van der Waals surface area contributed by atoms with Crippen molar-refractivity contribution in [1.29, 1.82) is 0 Å². The molecule has 18 heavy (non-hydrogen) atoms. The molecule has 1 rings (SSSR count). The highest BCUT2D eigenvalue weighted by Crippen LogP contribution is 2.20. The second-order valence-electron chi connectivity index (χ2n) is 4.17. The second kappa shape index (κ2) is 6.98. The molecule has 1 amide bonds. The third-order valence-electron chi connectivity index (χ3n) is 2.74. The van der Waals surface area contributed by atoms with Crippen molar-refractivity contribution in [3.63, 3.8) is 0 Å². The highest BCUT2D eigenvalue weighted by Gasteiger charge is 2.27. The number of ether oxygens (including phenoxy) is 1. The molecule has 6 heteroatoms. The van der Waals surface area contributed by atoms with E-state index in [9.17, 15) is 19.1 Å². The molecule has 1 fully saturated rings. The number of aliphatic carboxylic acids is 1. The first-order valence-corrected chi connectivity index (χ1v) is 6.01. The lowest BCUT2D eigenvalue weighted by Gasteiger charge is -2.30. The summed E-state index contributed by atoms with van der Waals surface area (Å²) in [5.41, 5.74) is 0.160. The minimum Gasteiger partial charge on any atom is -0.545 e. The summed E-state index contributed by atoms with van der Waals surface area (Å²) < 4.78 is 18.6. The van der Waals surface area contributed by atoms with E-state index in [1.54, 1.807) is 0 Å². The van der Waals surface area contributed by atoms with Gasteiger partial charge in [0.25, 0.3) is 0 Å². The number of unbranched alkanes of at least 4 members (excludes halogenated alkanes) is 1. The van der Waals surface area contributed by atoms with Crippen LogP contribution in [0.15, 0.2) is 11.6 Å². The van der Waals surface area contributed by atoms with Gasteiger partial charge in [0.15, 0.2) is 0 Å².